The van der Waals surface area contributed by atoms with Gasteiger partial charge in [-0.2, -0.15) is 0 Å². The van der Waals surface area contributed by atoms with Crippen LogP contribution in [0.5, 0.6) is 0 Å². The summed E-state index contributed by atoms with van der Waals surface area (Å²) in [6.07, 6.45) is 0. The Hall–Kier alpha value is -3.26. The van der Waals surface area contributed by atoms with Crippen LogP contribution >= 0.6 is 11.8 Å². The lowest BCUT2D eigenvalue weighted by Crippen LogP contribution is -2.23. The summed E-state index contributed by atoms with van der Waals surface area (Å²) in [5, 5.41) is 5.24. The van der Waals surface area contributed by atoms with Crippen molar-refractivity contribution in [3.63, 3.8) is 0 Å². The van der Waals surface area contributed by atoms with Gasteiger partial charge >= 0.3 is 0 Å². The Morgan fingerprint density at radius 3 is 2.53 bits per heavy atom. The molecule has 8 heteroatoms. The van der Waals surface area contributed by atoms with Gasteiger partial charge in [0.15, 0.2) is 5.16 Å². The molecule has 152 valence electrons. The summed E-state index contributed by atoms with van der Waals surface area (Å²) in [6.45, 7) is 2.22. The minimum atomic E-state index is -0.852. The van der Waals surface area contributed by atoms with Gasteiger partial charge < -0.3 is 5.32 Å². The van der Waals surface area contributed by atoms with Crippen molar-refractivity contribution in [2.24, 2.45) is 0 Å². The first-order chi connectivity index (χ1) is 14.5. The third-order valence-corrected chi connectivity index (χ3v) is 5.62. The quantitative estimate of drug-likeness (QED) is 0.289. The highest BCUT2D eigenvalue weighted by atomic mass is 32.2. The highest BCUT2D eigenvalue weighted by Gasteiger charge is 2.14. The van der Waals surface area contributed by atoms with E-state index in [9.17, 15) is 18.4 Å². The molecule has 1 heterocycles. The number of nitrogens with one attached hydrogen (secondary N) is 1. The predicted octanol–water partition coefficient (Wildman–Crippen LogP) is 4.58. The normalized spacial score (nSPS) is 11.2. The third-order valence-electron chi connectivity index (χ3n) is 4.64. The van der Waals surface area contributed by atoms with Crippen LogP contribution in [0.4, 0.5) is 14.5 Å². The fourth-order valence-electron chi connectivity index (χ4n) is 3.18. The molecule has 0 spiro atoms. The van der Waals surface area contributed by atoms with Crippen molar-refractivity contribution in [1.82, 2.24) is 9.55 Å². The summed E-state index contributed by atoms with van der Waals surface area (Å²) >= 11 is 1.09. The largest absolute Gasteiger partial charge is 0.323 e. The second-order valence-electron chi connectivity index (χ2n) is 6.62. The summed E-state index contributed by atoms with van der Waals surface area (Å²) in [7, 11) is 0. The Balaban J connectivity index is 1.62. The van der Waals surface area contributed by atoms with Crippen molar-refractivity contribution in [2.45, 2.75) is 18.6 Å². The van der Waals surface area contributed by atoms with E-state index in [1.54, 1.807) is 0 Å². The number of carbonyl (C=O) groups excluding carboxylic acids is 1. The molecule has 0 aliphatic heterocycles. The van der Waals surface area contributed by atoms with Gasteiger partial charge in [-0.05, 0) is 42.0 Å². The van der Waals surface area contributed by atoms with E-state index < -0.39 is 17.5 Å². The molecule has 0 aliphatic carbocycles. The topological polar surface area (TPSA) is 64.0 Å². The van der Waals surface area contributed by atoms with Crippen LogP contribution in [-0.4, -0.2) is 21.2 Å². The molecule has 0 atom stereocenters. The van der Waals surface area contributed by atoms with Gasteiger partial charge in [0.2, 0.25) is 5.91 Å². The molecule has 0 aliphatic rings. The van der Waals surface area contributed by atoms with Crippen LogP contribution in [0.3, 0.4) is 0 Å². The minimum absolute atomic E-state index is 0.0810. The Morgan fingerprint density at radius 2 is 1.83 bits per heavy atom. The molecule has 0 radical (unpaired) electrons. The van der Waals surface area contributed by atoms with E-state index in [4.69, 9.17) is 0 Å². The van der Waals surface area contributed by atoms with Crippen molar-refractivity contribution in [2.75, 3.05) is 11.1 Å². The van der Waals surface area contributed by atoms with E-state index in [0.717, 1.165) is 34.7 Å². The van der Waals surface area contributed by atoms with Crippen molar-refractivity contribution in [3.05, 3.63) is 76.6 Å². The number of aromatic nitrogens is 2. The van der Waals surface area contributed by atoms with Gasteiger partial charge in [-0.1, -0.05) is 36.0 Å². The average Bonchev–Trinajstić information content (AvgIpc) is 2.73. The Bertz CT molecular complexity index is 1340. The first kappa shape index (κ1) is 20.0. The maximum atomic E-state index is 13.7. The summed E-state index contributed by atoms with van der Waals surface area (Å²) < 4.78 is 28.2. The van der Waals surface area contributed by atoms with Crippen molar-refractivity contribution in [3.8, 4) is 0 Å². The van der Waals surface area contributed by atoms with Gasteiger partial charge in [0, 0.05) is 12.6 Å². The maximum Gasteiger partial charge on any atom is 0.262 e. The zero-order chi connectivity index (χ0) is 21.3. The van der Waals surface area contributed by atoms with Gasteiger partial charge in [0.1, 0.15) is 11.6 Å². The number of fused-ring (bicyclic) bond motifs is 2. The molecule has 0 fully saturated rings. The molecule has 0 saturated heterocycles. The third kappa shape index (κ3) is 3.91. The Kier molecular flexibility index (Phi) is 5.50. The van der Waals surface area contributed by atoms with Crippen LogP contribution in [0.25, 0.3) is 21.7 Å². The lowest BCUT2D eigenvalue weighted by Gasteiger charge is -2.12. The van der Waals surface area contributed by atoms with Gasteiger partial charge in [-0.3, -0.25) is 14.2 Å². The maximum absolute atomic E-state index is 13.7. The highest BCUT2D eigenvalue weighted by Crippen LogP contribution is 2.23. The zero-order valence-electron chi connectivity index (χ0n) is 16.0. The van der Waals surface area contributed by atoms with E-state index in [2.05, 4.69) is 10.3 Å². The van der Waals surface area contributed by atoms with Crippen LogP contribution in [0, 0.1) is 11.6 Å². The van der Waals surface area contributed by atoms with E-state index in [0.29, 0.717) is 28.7 Å². The number of rotatable bonds is 5. The molecule has 1 amide bonds. The zero-order valence-corrected chi connectivity index (χ0v) is 16.8. The molecule has 4 aromatic rings. The van der Waals surface area contributed by atoms with Crippen molar-refractivity contribution < 1.29 is 13.6 Å². The standard InChI is InChI=1S/C22H17F2N3O2S/c1-2-27-21(29)16-9-13-5-3-4-6-14(13)10-19(16)26-22(27)30-12-20(28)25-18-8-7-15(23)11-17(18)24/h3-11H,2,12H2,1H3,(H,25,28). The highest BCUT2D eigenvalue weighted by molar-refractivity contribution is 7.99. The lowest BCUT2D eigenvalue weighted by molar-refractivity contribution is -0.113. The second-order valence-corrected chi connectivity index (χ2v) is 7.56. The molecule has 30 heavy (non-hydrogen) atoms. The molecular formula is C22H17F2N3O2S. The number of hydrogen-bond acceptors (Lipinski definition) is 4. The molecular weight excluding hydrogens is 408 g/mol. The first-order valence-corrected chi connectivity index (χ1v) is 10.3. The Morgan fingerprint density at radius 1 is 1.10 bits per heavy atom. The van der Waals surface area contributed by atoms with Crippen LogP contribution in [0.15, 0.2) is 64.5 Å². The van der Waals surface area contributed by atoms with Crippen LogP contribution < -0.4 is 10.9 Å². The number of thioether (sulfide) groups is 1. The molecule has 0 unspecified atom stereocenters. The van der Waals surface area contributed by atoms with E-state index in [1.807, 2.05) is 43.3 Å². The fraction of sp³-hybridized carbons (Fsp3) is 0.136. The summed E-state index contributed by atoms with van der Waals surface area (Å²) in [4.78, 5) is 29.8. The number of carbonyl (C=O) groups is 1. The second kappa shape index (κ2) is 8.23. The van der Waals surface area contributed by atoms with E-state index in [1.165, 1.54) is 4.57 Å². The monoisotopic (exact) mass is 425 g/mol. The summed E-state index contributed by atoms with van der Waals surface area (Å²) in [5.74, 6) is -2.14. The molecule has 4 rings (SSSR count). The number of anilines is 1. The van der Waals surface area contributed by atoms with Crippen LogP contribution in [0.1, 0.15) is 6.92 Å². The molecule has 5 nitrogen and oxygen atoms in total. The smallest absolute Gasteiger partial charge is 0.262 e. The number of nitrogens with zero attached hydrogens (tertiary/aromatic N) is 2. The lowest BCUT2D eigenvalue weighted by atomic mass is 10.1. The molecule has 1 aromatic heterocycles. The van der Waals surface area contributed by atoms with E-state index >= 15 is 0 Å². The van der Waals surface area contributed by atoms with Gasteiger partial charge in [0.05, 0.1) is 22.3 Å². The first-order valence-electron chi connectivity index (χ1n) is 9.27. The SMILES string of the molecule is CCn1c(SCC(=O)Nc2ccc(F)cc2F)nc2cc3ccccc3cc2c1=O. The van der Waals surface area contributed by atoms with E-state index in [-0.39, 0.29) is 17.0 Å². The van der Waals surface area contributed by atoms with Gasteiger partial charge in [0.25, 0.3) is 5.56 Å². The van der Waals surface area contributed by atoms with Crippen LogP contribution in [-0.2, 0) is 11.3 Å². The van der Waals surface area contributed by atoms with Crippen molar-refractivity contribution in [1.29, 1.82) is 0 Å². The molecule has 0 saturated carbocycles. The minimum Gasteiger partial charge on any atom is -0.323 e. The van der Waals surface area contributed by atoms with Crippen molar-refractivity contribution >= 4 is 45.0 Å². The predicted molar refractivity (Wildman–Crippen MR) is 115 cm³/mol. The molecule has 3 aromatic carbocycles. The Labute approximate surface area is 174 Å². The number of amides is 1. The number of benzene rings is 3. The summed E-state index contributed by atoms with van der Waals surface area (Å²) in [6, 6.07) is 14.3. The van der Waals surface area contributed by atoms with Crippen LogP contribution in [0.2, 0.25) is 0 Å². The molecule has 0 bridgehead atoms. The fourth-order valence-corrected chi connectivity index (χ4v) is 4.05. The average molecular weight is 425 g/mol. The molecule has 1 N–H and O–H groups in total. The van der Waals surface area contributed by atoms with Gasteiger partial charge in [-0.25, -0.2) is 13.8 Å². The number of halogens is 2. The number of hydrogen-bond donors (Lipinski definition) is 1. The van der Waals surface area contributed by atoms with Gasteiger partial charge in [-0.15, -0.1) is 0 Å². The summed E-state index contributed by atoms with van der Waals surface area (Å²) in [5.41, 5.74) is 0.268.